The number of aryl methyl sites for hydroxylation is 1. The Labute approximate surface area is 140 Å². The van der Waals surface area contributed by atoms with Gasteiger partial charge >= 0.3 is 0 Å². The van der Waals surface area contributed by atoms with Gasteiger partial charge in [0.2, 0.25) is 5.91 Å². The summed E-state index contributed by atoms with van der Waals surface area (Å²) in [5.41, 5.74) is 2.98. The molecule has 24 heavy (non-hydrogen) atoms. The lowest BCUT2D eigenvalue weighted by Gasteiger charge is -2.17. The fourth-order valence-corrected chi connectivity index (χ4v) is 3.42. The molecule has 0 spiro atoms. The van der Waals surface area contributed by atoms with Crippen molar-refractivity contribution in [3.63, 3.8) is 0 Å². The van der Waals surface area contributed by atoms with E-state index in [9.17, 15) is 4.79 Å². The maximum absolute atomic E-state index is 12.5. The van der Waals surface area contributed by atoms with Crippen LogP contribution < -0.4 is 9.64 Å². The first-order valence-electron chi connectivity index (χ1n) is 8.03. The van der Waals surface area contributed by atoms with Gasteiger partial charge in [-0.15, -0.1) is 0 Å². The Hall–Kier alpha value is -2.82. The number of nitrogens with zero attached hydrogens (tertiary/aromatic N) is 3. The SMILES string of the molecule is COc1ccc(N2CC(c3nc4ccccc4n3C)CC2=O)cc1. The predicted molar refractivity (Wildman–Crippen MR) is 93.4 cm³/mol. The summed E-state index contributed by atoms with van der Waals surface area (Å²) in [5, 5.41) is 0. The van der Waals surface area contributed by atoms with Crippen LogP contribution in [-0.2, 0) is 11.8 Å². The number of benzene rings is 2. The molecule has 0 radical (unpaired) electrons. The quantitative estimate of drug-likeness (QED) is 0.745. The lowest BCUT2D eigenvalue weighted by atomic mass is 10.1. The van der Waals surface area contributed by atoms with Crippen molar-refractivity contribution in [1.29, 1.82) is 0 Å². The smallest absolute Gasteiger partial charge is 0.227 e. The number of carbonyl (C=O) groups excluding carboxylic acids is 1. The van der Waals surface area contributed by atoms with Gasteiger partial charge in [0, 0.05) is 31.6 Å². The molecule has 0 aliphatic carbocycles. The highest BCUT2D eigenvalue weighted by Gasteiger charge is 2.34. The zero-order valence-electron chi connectivity index (χ0n) is 13.8. The third-order valence-corrected chi connectivity index (χ3v) is 4.70. The summed E-state index contributed by atoms with van der Waals surface area (Å²) in [5.74, 6) is 2.01. The minimum atomic E-state index is 0.108. The molecule has 1 aromatic heterocycles. The summed E-state index contributed by atoms with van der Waals surface area (Å²) in [6.07, 6.45) is 0.489. The van der Waals surface area contributed by atoms with Crippen molar-refractivity contribution in [3.05, 3.63) is 54.4 Å². The maximum Gasteiger partial charge on any atom is 0.227 e. The average molecular weight is 321 g/mol. The lowest BCUT2D eigenvalue weighted by Crippen LogP contribution is -2.24. The number of hydrogen-bond donors (Lipinski definition) is 0. The molecule has 1 amide bonds. The van der Waals surface area contributed by atoms with E-state index >= 15 is 0 Å². The molecule has 0 saturated carbocycles. The average Bonchev–Trinajstić information content (AvgIpc) is 3.16. The van der Waals surface area contributed by atoms with Crippen molar-refractivity contribution in [2.75, 3.05) is 18.6 Å². The van der Waals surface area contributed by atoms with Gasteiger partial charge in [0.1, 0.15) is 11.6 Å². The summed E-state index contributed by atoms with van der Waals surface area (Å²) >= 11 is 0. The summed E-state index contributed by atoms with van der Waals surface area (Å²) in [7, 11) is 3.66. The van der Waals surface area contributed by atoms with Crippen LogP contribution >= 0.6 is 0 Å². The van der Waals surface area contributed by atoms with Crippen molar-refractivity contribution in [3.8, 4) is 5.75 Å². The molecule has 1 aliphatic rings. The molecule has 0 N–H and O–H groups in total. The summed E-state index contributed by atoms with van der Waals surface area (Å²) in [4.78, 5) is 19.1. The van der Waals surface area contributed by atoms with Crippen LogP contribution in [0, 0.1) is 0 Å². The maximum atomic E-state index is 12.5. The number of imidazole rings is 1. The third kappa shape index (κ3) is 2.33. The Bertz CT molecular complexity index is 899. The number of rotatable bonds is 3. The second-order valence-electron chi connectivity index (χ2n) is 6.12. The van der Waals surface area contributed by atoms with Crippen LogP contribution in [0.1, 0.15) is 18.2 Å². The minimum Gasteiger partial charge on any atom is -0.497 e. The van der Waals surface area contributed by atoms with Crippen LogP contribution in [0.25, 0.3) is 11.0 Å². The molecule has 1 aliphatic heterocycles. The van der Waals surface area contributed by atoms with Gasteiger partial charge in [-0.05, 0) is 36.4 Å². The molecule has 122 valence electrons. The molecule has 4 rings (SSSR count). The second kappa shape index (κ2) is 5.67. The number of carbonyl (C=O) groups is 1. The van der Waals surface area contributed by atoms with Gasteiger partial charge in [0.15, 0.2) is 0 Å². The molecule has 5 nitrogen and oxygen atoms in total. The molecule has 2 heterocycles. The lowest BCUT2D eigenvalue weighted by molar-refractivity contribution is -0.117. The molecule has 1 atom stereocenters. The number of amides is 1. The van der Waals surface area contributed by atoms with E-state index in [0.29, 0.717) is 13.0 Å². The van der Waals surface area contributed by atoms with Gasteiger partial charge in [-0.1, -0.05) is 12.1 Å². The number of anilines is 1. The van der Waals surface area contributed by atoms with Crippen LogP contribution in [0.2, 0.25) is 0 Å². The van der Waals surface area contributed by atoms with Gasteiger partial charge in [0.05, 0.1) is 18.1 Å². The number of aromatic nitrogens is 2. The standard InChI is InChI=1S/C19H19N3O2/c1-21-17-6-4-3-5-16(17)20-19(21)13-11-18(23)22(12-13)14-7-9-15(24-2)10-8-14/h3-10,13H,11-12H2,1-2H3. The molecular formula is C19H19N3O2. The molecule has 0 bridgehead atoms. The van der Waals surface area contributed by atoms with E-state index < -0.39 is 0 Å². The highest BCUT2D eigenvalue weighted by atomic mass is 16.5. The number of fused-ring (bicyclic) bond motifs is 1. The molecule has 1 saturated heterocycles. The van der Waals surface area contributed by atoms with E-state index in [2.05, 4.69) is 10.6 Å². The van der Waals surface area contributed by atoms with E-state index in [-0.39, 0.29) is 11.8 Å². The first-order valence-corrected chi connectivity index (χ1v) is 8.03. The number of ether oxygens (including phenoxy) is 1. The Morgan fingerprint density at radius 3 is 2.58 bits per heavy atom. The second-order valence-corrected chi connectivity index (χ2v) is 6.12. The van der Waals surface area contributed by atoms with Gasteiger partial charge in [-0.2, -0.15) is 0 Å². The van der Waals surface area contributed by atoms with Gasteiger partial charge < -0.3 is 14.2 Å². The van der Waals surface area contributed by atoms with Crippen LogP contribution in [-0.4, -0.2) is 29.1 Å². The van der Waals surface area contributed by atoms with E-state index in [1.54, 1.807) is 7.11 Å². The Balaban J connectivity index is 1.64. The van der Waals surface area contributed by atoms with Gasteiger partial charge in [-0.3, -0.25) is 4.79 Å². The summed E-state index contributed by atoms with van der Waals surface area (Å²) in [6, 6.07) is 15.7. The molecule has 5 heteroatoms. The van der Waals surface area contributed by atoms with Crippen LogP contribution in [0.3, 0.4) is 0 Å². The summed E-state index contributed by atoms with van der Waals surface area (Å²) < 4.78 is 7.28. The first kappa shape index (κ1) is 14.8. The third-order valence-electron chi connectivity index (χ3n) is 4.70. The zero-order chi connectivity index (χ0) is 16.7. The molecule has 1 fully saturated rings. The highest BCUT2D eigenvalue weighted by Crippen LogP contribution is 2.33. The van der Waals surface area contributed by atoms with E-state index in [4.69, 9.17) is 9.72 Å². The monoisotopic (exact) mass is 321 g/mol. The molecule has 3 aromatic rings. The van der Waals surface area contributed by atoms with Crippen LogP contribution in [0.15, 0.2) is 48.5 Å². The summed E-state index contributed by atoms with van der Waals surface area (Å²) in [6.45, 7) is 0.655. The minimum absolute atomic E-state index is 0.108. The molecule has 1 unspecified atom stereocenters. The molecular weight excluding hydrogens is 302 g/mol. The van der Waals surface area contributed by atoms with E-state index in [0.717, 1.165) is 28.3 Å². The highest BCUT2D eigenvalue weighted by molar-refractivity contribution is 5.96. The predicted octanol–water partition coefficient (Wildman–Crippen LogP) is 3.10. The fourth-order valence-electron chi connectivity index (χ4n) is 3.42. The largest absolute Gasteiger partial charge is 0.497 e. The fraction of sp³-hybridized carbons (Fsp3) is 0.263. The van der Waals surface area contributed by atoms with Crippen LogP contribution in [0.4, 0.5) is 5.69 Å². The Morgan fingerprint density at radius 2 is 1.88 bits per heavy atom. The molecule has 2 aromatic carbocycles. The van der Waals surface area contributed by atoms with E-state index in [1.165, 1.54) is 0 Å². The van der Waals surface area contributed by atoms with Crippen molar-refractivity contribution < 1.29 is 9.53 Å². The Kier molecular flexibility index (Phi) is 3.49. The number of hydrogen-bond acceptors (Lipinski definition) is 3. The van der Waals surface area contributed by atoms with Crippen molar-refractivity contribution >= 4 is 22.6 Å². The number of methoxy groups -OCH3 is 1. The van der Waals surface area contributed by atoms with Crippen molar-refractivity contribution in [1.82, 2.24) is 9.55 Å². The van der Waals surface area contributed by atoms with Gasteiger partial charge in [0.25, 0.3) is 0 Å². The van der Waals surface area contributed by atoms with E-state index in [1.807, 2.05) is 54.4 Å². The normalized spacial score (nSPS) is 17.7. The number of para-hydroxylation sites is 2. The van der Waals surface area contributed by atoms with Crippen LogP contribution in [0.5, 0.6) is 5.75 Å². The van der Waals surface area contributed by atoms with Crippen molar-refractivity contribution in [2.24, 2.45) is 7.05 Å². The topological polar surface area (TPSA) is 47.4 Å². The Morgan fingerprint density at radius 1 is 1.12 bits per heavy atom. The van der Waals surface area contributed by atoms with Crippen molar-refractivity contribution in [2.45, 2.75) is 12.3 Å². The first-order chi connectivity index (χ1) is 11.7. The van der Waals surface area contributed by atoms with Gasteiger partial charge in [-0.25, -0.2) is 4.98 Å². The zero-order valence-corrected chi connectivity index (χ0v) is 13.8.